The van der Waals surface area contributed by atoms with Crippen molar-refractivity contribution in [2.75, 3.05) is 45.4 Å². The second-order valence-corrected chi connectivity index (χ2v) is 6.04. The Labute approximate surface area is 108 Å². The first-order valence-electron chi connectivity index (χ1n) is 5.45. The van der Waals surface area contributed by atoms with Gasteiger partial charge in [0.05, 0.1) is 18.0 Å². The van der Waals surface area contributed by atoms with E-state index in [4.69, 9.17) is 10.5 Å². The number of benzene rings is 1. The van der Waals surface area contributed by atoms with Gasteiger partial charge in [-0.15, -0.1) is 0 Å². The Morgan fingerprint density at radius 2 is 2.06 bits per heavy atom. The van der Waals surface area contributed by atoms with E-state index in [0.29, 0.717) is 18.8 Å². The molecule has 18 heavy (non-hydrogen) atoms. The van der Waals surface area contributed by atoms with Crippen LogP contribution in [0.1, 0.15) is 0 Å². The fourth-order valence-corrected chi connectivity index (χ4v) is 2.44. The molecule has 0 heterocycles. The van der Waals surface area contributed by atoms with E-state index in [2.05, 4.69) is 5.32 Å². The highest BCUT2D eigenvalue weighted by Gasteiger charge is 2.21. The van der Waals surface area contributed by atoms with Gasteiger partial charge in [-0.3, -0.25) is 0 Å². The summed E-state index contributed by atoms with van der Waals surface area (Å²) in [6.07, 6.45) is 0. The number of methoxy groups -OCH3 is 1. The maximum Gasteiger partial charge on any atom is 0.244 e. The monoisotopic (exact) mass is 273 g/mol. The van der Waals surface area contributed by atoms with Crippen molar-refractivity contribution in [1.29, 1.82) is 0 Å². The first kappa shape index (κ1) is 14.7. The molecule has 0 saturated heterocycles. The van der Waals surface area contributed by atoms with Crippen LogP contribution in [0.25, 0.3) is 0 Å². The van der Waals surface area contributed by atoms with Crippen LogP contribution in [0.4, 0.5) is 11.4 Å². The summed E-state index contributed by atoms with van der Waals surface area (Å²) in [5.41, 5.74) is 6.70. The van der Waals surface area contributed by atoms with Gasteiger partial charge in [0.15, 0.2) is 0 Å². The molecule has 0 aliphatic carbocycles. The van der Waals surface area contributed by atoms with Gasteiger partial charge in [-0.1, -0.05) is 6.07 Å². The van der Waals surface area contributed by atoms with Crippen molar-refractivity contribution in [3.05, 3.63) is 18.2 Å². The number of nitrogens with zero attached hydrogens (tertiary/aromatic N) is 1. The lowest BCUT2D eigenvalue weighted by Crippen LogP contribution is -2.23. The molecule has 0 radical (unpaired) electrons. The maximum absolute atomic E-state index is 12.0. The van der Waals surface area contributed by atoms with Crippen molar-refractivity contribution in [3.8, 4) is 0 Å². The molecule has 0 aromatic heterocycles. The Hall–Kier alpha value is -1.31. The molecule has 0 amide bonds. The van der Waals surface area contributed by atoms with Gasteiger partial charge in [0, 0.05) is 27.7 Å². The van der Waals surface area contributed by atoms with Crippen LogP contribution in [-0.4, -0.2) is 47.1 Å². The zero-order chi connectivity index (χ0) is 13.8. The van der Waals surface area contributed by atoms with Crippen molar-refractivity contribution < 1.29 is 13.2 Å². The lowest BCUT2D eigenvalue weighted by atomic mass is 10.2. The summed E-state index contributed by atoms with van der Waals surface area (Å²) in [4.78, 5) is 0.106. The Morgan fingerprint density at radius 3 is 2.61 bits per heavy atom. The van der Waals surface area contributed by atoms with E-state index in [-0.39, 0.29) is 10.6 Å². The minimum absolute atomic E-state index is 0.106. The zero-order valence-corrected chi connectivity index (χ0v) is 11.6. The van der Waals surface area contributed by atoms with E-state index < -0.39 is 10.0 Å². The lowest BCUT2D eigenvalue weighted by molar-refractivity contribution is 0.211. The first-order chi connectivity index (χ1) is 8.41. The van der Waals surface area contributed by atoms with Gasteiger partial charge in [0.1, 0.15) is 4.90 Å². The van der Waals surface area contributed by atoms with Crippen molar-refractivity contribution in [1.82, 2.24) is 4.31 Å². The SMILES string of the molecule is COCCNc1cccc(S(=O)(=O)N(C)C)c1N. The summed E-state index contributed by atoms with van der Waals surface area (Å²) in [6, 6.07) is 4.88. The molecule has 0 aliphatic heterocycles. The quantitative estimate of drug-likeness (QED) is 0.585. The first-order valence-corrected chi connectivity index (χ1v) is 6.89. The number of anilines is 2. The van der Waals surface area contributed by atoms with Crippen LogP contribution < -0.4 is 11.1 Å². The van der Waals surface area contributed by atoms with Gasteiger partial charge in [-0.2, -0.15) is 0 Å². The molecule has 0 unspecified atom stereocenters. The molecule has 1 aromatic rings. The van der Waals surface area contributed by atoms with Crippen LogP contribution in [0.5, 0.6) is 0 Å². The molecule has 0 spiro atoms. The molecule has 0 saturated carbocycles. The van der Waals surface area contributed by atoms with Gasteiger partial charge in [0.25, 0.3) is 0 Å². The smallest absolute Gasteiger partial charge is 0.244 e. The number of nitrogens with two attached hydrogens (primary N) is 1. The number of hydrogen-bond acceptors (Lipinski definition) is 5. The average molecular weight is 273 g/mol. The van der Waals surface area contributed by atoms with Crippen molar-refractivity contribution in [2.45, 2.75) is 4.90 Å². The summed E-state index contributed by atoms with van der Waals surface area (Å²) in [5, 5.41) is 3.03. The second kappa shape index (κ2) is 6.03. The van der Waals surface area contributed by atoms with Crippen LogP contribution in [0.15, 0.2) is 23.1 Å². The van der Waals surface area contributed by atoms with E-state index in [1.807, 2.05) is 0 Å². The fraction of sp³-hybridized carbons (Fsp3) is 0.455. The minimum atomic E-state index is -3.52. The predicted octanol–water partition coefficient (Wildman–Crippen LogP) is 0.577. The van der Waals surface area contributed by atoms with Gasteiger partial charge >= 0.3 is 0 Å². The Bertz CT molecular complexity index is 500. The highest BCUT2D eigenvalue weighted by molar-refractivity contribution is 7.89. The number of ether oxygens (including phenoxy) is 1. The van der Waals surface area contributed by atoms with Crippen LogP contribution >= 0.6 is 0 Å². The lowest BCUT2D eigenvalue weighted by Gasteiger charge is -2.16. The average Bonchev–Trinajstić information content (AvgIpc) is 2.31. The molecule has 1 rings (SSSR count). The van der Waals surface area contributed by atoms with Gasteiger partial charge in [-0.25, -0.2) is 12.7 Å². The number of nitrogens with one attached hydrogen (secondary N) is 1. The molecule has 3 N–H and O–H groups in total. The number of para-hydroxylation sites is 1. The Balaban J connectivity index is 3.06. The standard InChI is InChI=1S/C11H19N3O3S/c1-14(2)18(15,16)10-6-4-5-9(11(10)12)13-7-8-17-3/h4-6,13H,7-8,12H2,1-3H3. The van der Waals surface area contributed by atoms with Gasteiger partial charge in [0.2, 0.25) is 10.0 Å². The summed E-state index contributed by atoms with van der Waals surface area (Å²) in [7, 11) is 1.02. The highest BCUT2D eigenvalue weighted by atomic mass is 32.2. The number of sulfonamides is 1. The third kappa shape index (κ3) is 3.12. The Kier molecular flexibility index (Phi) is 4.94. The zero-order valence-electron chi connectivity index (χ0n) is 10.8. The van der Waals surface area contributed by atoms with Crippen LogP contribution in [0.3, 0.4) is 0 Å². The maximum atomic E-state index is 12.0. The van der Waals surface area contributed by atoms with Crippen molar-refractivity contribution in [3.63, 3.8) is 0 Å². The van der Waals surface area contributed by atoms with Crippen LogP contribution in [-0.2, 0) is 14.8 Å². The van der Waals surface area contributed by atoms with E-state index in [1.165, 1.54) is 20.2 Å². The number of hydrogen-bond donors (Lipinski definition) is 2. The highest BCUT2D eigenvalue weighted by Crippen LogP contribution is 2.27. The van der Waals surface area contributed by atoms with Crippen LogP contribution in [0, 0.1) is 0 Å². The molecule has 102 valence electrons. The summed E-state index contributed by atoms with van der Waals surface area (Å²) >= 11 is 0. The summed E-state index contributed by atoms with van der Waals surface area (Å²) in [6.45, 7) is 1.08. The normalized spacial score (nSPS) is 11.8. The third-order valence-corrected chi connectivity index (χ3v) is 4.32. The molecule has 0 bridgehead atoms. The van der Waals surface area contributed by atoms with Crippen molar-refractivity contribution >= 4 is 21.4 Å². The molecule has 0 fully saturated rings. The second-order valence-electron chi connectivity index (χ2n) is 3.92. The molecular formula is C11H19N3O3S. The minimum Gasteiger partial charge on any atom is -0.396 e. The van der Waals surface area contributed by atoms with Crippen molar-refractivity contribution in [2.24, 2.45) is 0 Å². The number of rotatable bonds is 6. The fourth-order valence-electron chi connectivity index (χ4n) is 1.41. The topological polar surface area (TPSA) is 84.7 Å². The largest absolute Gasteiger partial charge is 0.396 e. The van der Waals surface area contributed by atoms with Gasteiger partial charge in [-0.05, 0) is 12.1 Å². The molecular weight excluding hydrogens is 254 g/mol. The van der Waals surface area contributed by atoms with E-state index in [1.54, 1.807) is 19.2 Å². The molecule has 7 heteroatoms. The van der Waals surface area contributed by atoms with E-state index >= 15 is 0 Å². The van der Waals surface area contributed by atoms with E-state index in [0.717, 1.165) is 4.31 Å². The van der Waals surface area contributed by atoms with Crippen LogP contribution in [0.2, 0.25) is 0 Å². The summed E-state index contributed by atoms with van der Waals surface area (Å²) < 4.78 is 30.1. The number of nitrogen functional groups attached to an aromatic ring is 1. The van der Waals surface area contributed by atoms with E-state index in [9.17, 15) is 8.42 Å². The molecule has 0 aliphatic rings. The predicted molar refractivity (Wildman–Crippen MR) is 72.1 cm³/mol. The molecule has 6 nitrogen and oxygen atoms in total. The Morgan fingerprint density at radius 1 is 1.39 bits per heavy atom. The third-order valence-electron chi connectivity index (χ3n) is 2.45. The van der Waals surface area contributed by atoms with Gasteiger partial charge < -0.3 is 15.8 Å². The molecule has 0 atom stereocenters. The summed E-state index contributed by atoms with van der Waals surface area (Å²) in [5.74, 6) is 0. The molecule has 1 aromatic carbocycles.